The van der Waals surface area contributed by atoms with Crippen molar-refractivity contribution >= 4 is 17.3 Å². The Morgan fingerprint density at radius 3 is 2.73 bits per heavy atom. The topological polar surface area (TPSA) is 21.3 Å². The van der Waals surface area contributed by atoms with Crippen LogP contribution in [0.1, 0.15) is 29.5 Å². The van der Waals surface area contributed by atoms with Gasteiger partial charge in [0.1, 0.15) is 5.75 Å². The van der Waals surface area contributed by atoms with Crippen molar-refractivity contribution in [2.75, 3.05) is 12.4 Å². The highest BCUT2D eigenvalue weighted by Gasteiger charge is 2.38. The fraction of sp³-hybridized carbons (Fsp3) is 0.263. The Morgan fingerprint density at radius 1 is 1.14 bits per heavy atom. The molecule has 3 atom stereocenters. The number of halogens is 1. The van der Waals surface area contributed by atoms with Gasteiger partial charge in [-0.3, -0.25) is 0 Å². The molecule has 0 saturated carbocycles. The lowest BCUT2D eigenvalue weighted by molar-refractivity contribution is 0.397. The lowest BCUT2D eigenvalue weighted by Crippen LogP contribution is -2.29. The zero-order valence-corrected chi connectivity index (χ0v) is 13.2. The molecule has 1 heterocycles. The first-order chi connectivity index (χ1) is 10.8. The molecule has 0 aromatic heterocycles. The molecular formula is C19H18ClNO. The number of fused-ring (bicyclic) bond motifs is 3. The molecule has 22 heavy (non-hydrogen) atoms. The van der Waals surface area contributed by atoms with Gasteiger partial charge in [0.2, 0.25) is 0 Å². The zero-order chi connectivity index (χ0) is 15.1. The Kier molecular flexibility index (Phi) is 3.34. The zero-order valence-electron chi connectivity index (χ0n) is 12.4. The predicted octanol–water partition coefficient (Wildman–Crippen LogP) is 5.18. The summed E-state index contributed by atoms with van der Waals surface area (Å²) in [5.74, 6) is 1.91. The van der Waals surface area contributed by atoms with Crippen molar-refractivity contribution in [1.82, 2.24) is 0 Å². The maximum atomic E-state index is 6.04. The minimum atomic E-state index is 0.279. The summed E-state index contributed by atoms with van der Waals surface area (Å²) in [6.45, 7) is 0. The van der Waals surface area contributed by atoms with E-state index in [1.807, 2.05) is 18.2 Å². The number of ether oxygens (including phenoxy) is 1. The van der Waals surface area contributed by atoms with E-state index in [1.165, 1.54) is 11.1 Å². The number of para-hydroxylation sites is 1. The van der Waals surface area contributed by atoms with Crippen molar-refractivity contribution < 1.29 is 4.74 Å². The highest BCUT2D eigenvalue weighted by Crippen LogP contribution is 2.52. The number of anilines is 1. The lowest BCUT2D eigenvalue weighted by atomic mass is 9.77. The highest BCUT2D eigenvalue weighted by molar-refractivity contribution is 6.30. The molecule has 2 aromatic carbocycles. The van der Waals surface area contributed by atoms with Crippen molar-refractivity contribution in [2.45, 2.75) is 18.4 Å². The SMILES string of the molecule is COc1cccc2c1N[C@@H](c1ccc(Cl)cc1)[C@H]1CC=C[C@@H]21. The Morgan fingerprint density at radius 2 is 1.95 bits per heavy atom. The number of nitrogens with one attached hydrogen (secondary N) is 1. The molecule has 0 spiro atoms. The smallest absolute Gasteiger partial charge is 0.142 e. The minimum absolute atomic E-state index is 0.279. The molecule has 2 aromatic rings. The van der Waals surface area contributed by atoms with Gasteiger partial charge in [-0.05, 0) is 41.7 Å². The van der Waals surface area contributed by atoms with E-state index in [0.717, 1.165) is 22.9 Å². The van der Waals surface area contributed by atoms with E-state index in [4.69, 9.17) is 16.3 Å². The van der Waals surface area contributed by atoms with Crippen molar-refractivity contribution in [3.8, 4) is 5.75 Å². The van der Waals surface area contributed by atoms with Crippen molar-refractivity contribution in [1.29, 1.82) is 0 Å². The lowest BCUT2D eigenvalue weighted by Gasteiger charge is -2.38. The molecule has 4 rings (SSSR count). The summed E-state index contributed by atoms with van der Waals surface area (Å²) in [5, 5.41) is 4.49. The maximum Gasteiger partial charge on any atom is 0.142 e. The second-order valence-corrected chi connectivity index (χ2v) is 6.39. The van der Waals surface area contributed by atoms with Gasteiger partial charge in [0.25, 0.3) is 0 Å². The van der Waals surface area contributed by atoms with Crippen LogP contribution in [0.3, 0.4) is 0 Å². The first-order valence-electron chi connectivity index (χ1n) is 7.63. The van der Waals surface area contributed by atoms with Gasteiger partial charge in [-0.25, -0.2) is 0 Å². The standard InChI is InChI=1S/C19H18ClNO/c1-22-17-7-3-6-16-14-4-2-5-15(14)18(21-19(16)17)12-8-10-13(20)11-9-12/h2-4,6-11,14-15,18,21H,5H2,1H3/t14-,15+,18+/m1/s1. The summed E-state index contributed by atoms with van der Waals surface area (Å²) >= 11 is 6.04. The van der Waals surface area contributed by atoms with Gasteiger partial charge in [-0.15, -0.1) is 0 Å². The minimum Gasteiger partial charge on any atom is -0.495 e. The van der Waals surface area contributed by atoms with E-state index < -0.39 is 0 Å². The molecule has 0 unspecified atom stereocenters. The fourth-order valence-electron chi connectivity index (χ4n) is 3.76. The number of hydrogen-bond acceptors (Lipinski definition) is 2. The van der Waals surface area contributed by atoms with Crippen LogP contribution in [-0.4, -0.2) is 7.11 Å². The van der Waals surface area contributed by atoms with Crippen LogP contribution in [0.25, 0.3) is 0 Å². The predicted molar refractivity (Wildman–Crippen MR) is 90.8 cm³/mol. The van der Waals surface area contributed by atoms with E-state index in [0.29, 0.717) is 11.8 Å². The molecule has 1 aliphatic carbocycles. The van der Waals surface area contributed by atoms with Crippen LogP contribution in [0.5, 0.6) is 5.75 Å². The van der Waals surface area contributed by atoms with Crippen molar-refractivity contribution in [2.24, 2.45) is 5.92 Å². The van der Waals surface area contributed by atoms with Crippen molar-refractivity contribution in [3.63, 3.8) is 0 Å². The molecule has 1 N–H and O–H groups in total. The molecular weight excluding hydrogens is 294 g/mol. The van der Waals surface area contributed by atoms with Crippen LogP contribution >= 0.6 is 11.6 Å². The third-order valence-corrected chi connectivity index (χ3v) is 5.06. The van der Waals surface area contributed by atoms with Gasteiger partial charge in [0, 0.05) is 10.9 Å². The average Bonchev–Trinajstić information content (AvgIpc) is 3.04. The van der Waals surface area contributed by atoms with Crippen LogP contribution in [0.15, 0.2) is 54.6 Å². The molecule has 0 bridgehead atoms. The first kappa shape index (κ1) is 13.7. The quantitative estimate of drug-likeness (QED) is 0.772. The summed E-state index contributed by atoms with van der Waals surface area (Å²) in [6, 6.07) is 14.7. The second kappa shape index (κ2) is 5.36. The number of rotatable bonds is 2. The summed E-state index contributed by atoms with van der Waals surface area (Å²) in [7, 11) is 1.73. The molecule has 0 saturated heterocycles. The van der Waals surface area contributed by atoms with Crippen molar-refractivity contribution in [3.05, 3.63) is 70.8 Å². The van der Waals surface area contributed by atoms with E-state index in [1.54, 1.807) is 7.11 Å². The molecule has 0 radical (unpaired) electrons. The van der Waals surface area contributed by atoms with E-state index in [-0.39, 0.29) is 6.04 Å². The Labute approximate surface area is 135 Å². The van der Waals surface area contributed by atoms with Crippen LogP contribution in [0.2, 0.25) is 5.02 Å². The van der Waals surface area contributed by atoms with Gasteiger partial charge in [0.15, 0.2) is 0 Å². The molecule has 3 heteroatoms. The van der Waals surface area contributed by atoms with E-state index >= 15 is 0 Å². The number of methoxy groups -OCH3 is 1. The normalized spacial score (nSPS) is 25.3. The van der Waals surface area contributed by atoms with Gasteiger partial charge in [0.05, 0.1) is 18.8 Å². The van der Waals surface area contributed by atoms with Crippen LogP contribution < -0.4 is 10.1 Å². The summed E-state index contributed by atoms with van der Waals surface area (Å²) in [4.78, 5) is 0. The Bertz CT molecular complexity index is 723. The molecule has 0 amide bonds. The summed E-state index contributed by atoms with van der Waals surface area (Å²) in [6.07, 6.45) is 5.74. The van der Waals surface area contributed by atoms with Gasteiger partial charge >= 0.3 is 0 Å². The summed E-state index contributed by atoms with van der Waals surface area (Å²) < 4.78 is 5.56. The van der Waals surface area contributed by atoms with E-state index in [9.17, 15) is 0 Å². The second-order valence-electron chi connectivity index (χ2n) is 5.95. The summed E-state index contributed by atoms with van der Waals surface area (Å²) in [5.41, 5.74) is 3.74. The van der Waals surface area contributed by atoms with Crippen LogP contribution in [-0.2, 0) is 0 Å². The monoisotopic (exact) mass is 311 g/mol. The Hall–Kier alpha value is -1.93. The fourth-order valence-corrected chi connectivity index (χ4v) is 3.89. The number of benzene rings is 2. The molecule has 2 aliphatic rings. The van der Waals surface area contributed by atoms with Gasteiger partial charge in [-0.1, -0.05) is 48.0 Å². The molecule has 2 nitrogen and oxygen atoms in total. The average molecular weight is 312 g/mol. The first-order valence-corrected chi connectivity index (χ1v) is 8.01. The third-order valence-electron chi connectivity index (χ3n) is 4.81. The number of hydrogen-bond donors (Lipinski definition) is 1. The largest absolute Gasteiger partial charge is 0.495 e. The molecule has 0 fully saturated rings. The molecule has 112 valence electrons. The van der Waals surface area contributed by atoms with Gasteiger partial charge < -0.3 is 10.1 Å². The highest BCUT2D eigenvalue weighted by atomic mass is 35.5. The number of allylic oxidation sites excluding steroid dienone is 2. The maximum absolute atomic E-state index is 6.04. The van der Waals surface area contributed by atoms with E-state index in [2.05, 4.69) is 41.7 Å². The third kappa shape index (κ3) is 2.10. The van der Waals surface area contributed by atoms with Crippen LogP contribution in [0.4, 0.5) is 5.69 Å². The molecule has 1 aliphatic heterocycles. The van der Waals surface area contributed by atoms with Crippen LogP contribution in [0, 0.1) is 5.92 Å². The Balaban J connectivity index is 1.81. The van der Waals surface area contributed by atoms with Gasteiger partial charge in [-0.2, -0.15) is 0 Å².